The number of benzene rings is 3. The zero-order valence-corrected chi connectivity index (χ0v) is 20.0. The van der Waals surface area contributed by atoms with Crippen molar-refractivity contribution in [2.24, 2.45) is 12.0 Å². The summed E-state index contributed by atoms with van der Waals surface area (Å²) in [6, 6.07) is 17.3. The predicted molar refractivity (Wildman–Crippen MR) is 130 cm³/mol. The van der Waals surface area contributed by atoms with Crippen molar-refractivity contribution in [2.75, 3.05) is 0 Å². The van der Waals surface area contributed by atoms with Gasteiger partial charge in [0.25, 0.3) is 0 Å². The number of aliphatic hydroxyl groups excluding tert-OH is 1. The van der Waals surface area contributed by atoms with E-state index in [9.17, 15) is 23.1 Å². The Morgan fingerprint density at radius 3 is 2.31 bits per heavy atom. The minimum Gasteiger partial charge on any atom is -0.481 e. The van der Waals surface area contributed by atoms with Crippen LogP contribution in [0.3, 0.4) is 0 Å². The summed E-state index contributed by atoms with van der Waals surface area (Å²) in [4.78, 5) is 15.4. The van der Waals surface area contributed by atoms with Crippen LogP contribution in [0.2, 0.25) is 5.02 Å². The van der Waals surface area contributed by atoms with Crippen LogP contribution in [0.15, 0.2) is 71.7 Å². The second-order valence-electron chi connectivity index (χ2n) is 8.42. The van der Waals surface area contributed by atoms with E-state index in [0.29, 0.717) is 32.9 Å². The molecule has 0 amide bonds. The highest BCUT2D eigenvalue weighted by atomic mass is 35.5. The molecule has 0 aliphatic heterocycles. The fourth-order valence-electron chi connectivity index (χ4n) is 3.97. The molecule has 1 atom stereocenters. The summed E-state index contributed by atoms with van der Waals surface area (Å²) in [5, 5.41) is 19.6. The fraction of sp³-hybridized carbons (Fsp3) is 0.231. The molecule has 0 aliphatic rings. The minimum absolute atomic E-state index is 0.0804. The van der Waals surface area contributed by atoms with Crippen LogP contribution in [0.1, 0.15) is 35.6 Å². The molecule has 0 bridgehead atoms. The van der Waals surface area contributed by atoms with Gasteiger partial charge in [-0.3, -0.25) is 4.79 Å². The number of carbonyl (C=O) groups is 1. The SMILES string of the molecule is Cn1c(=Nc2ccc(Cl)cc2)n(Cc2ccc(C(O)CCC(=O)O)cc2)c2cc(C(F)(F)F)ccc21. The van der Waals surface area contributed by atoms with Crippen molar-refractivity contribution >= 4 is 34.3 Å². The van der Waals surface area contributed by atoms with E-state index in [2.05, 4.69) is 4.99 Å². The van der Waals surface area contributed by atoms with Crippen LogP contribution in [0, 0.1) is 0 Å². The standard InChI is InChI=1S/C26H23ClF3N3O3/c1-32-21-11-6-18(26(28,29)30)14-22(21)33(25(32)31-20-9-7-19(27)8-10-20)15-16-2-4-17(5-3-16)23(34)12-13-24(35)36/h2-11,14,23,34H,12-13,15H2,1H3,(H,35,36). The lowest BCUT2D eigenvalue weighted by atomic mass is 10.0. The summed E-state index contributed by atoms with van der Waals surface area (Å²) in [5.41, 5.74) is 2.55. The molecule has 0 spiro atoms. The minimum atomic E-state index is -4.50. The monoisotopic (exact) mass is 517 g/mol. The molecule has 2 N–H and O–H groups in total. The first kappa shape index (κ1) is 25.5. The van der Waals surface area contributed by atoms with Crippen LogP contribution in [-0.4, -0.2) is 25.3 Å². The van der Waals surface area contributed by atoms with Gasteiger partial charge in [-0.05, 0) is 60.0 Å². The number of rotatable bonds is 7. The number of carboxylic acids is 1. The highest BCUT2D eigenvalue weighted by Crippen LogP contribution is 2.31. The van der Waals surface area contributed by atoms with Crippen LogP contribution in [0.25, 0.3) is 11.0 Å². The number of aliphatic carboxylic acids is 1. The zero-order chi connectivity index (χ0) is 26.0. The molecule has 1 unspecified atom stereocenters. The number of halogens is 4. The van der Waals surface area contributed by atoms with Gasteiger partial charge >= 0.3 is 12.1 Å². The number of hydrogen-bond acceptors (Lipinski definition) is 3. The molecule has 0 fully saturated rings. The van der Waals surface area contributed by atoms with Crippen molar-refractivity contribution < 1.29 is 28.2 Å². The number of imidazole rings is 1. The smallest absolute Gasteiger partial charge is 0.416 e. The van der Waals surface area contributed by atoms with Crippen LogP contribution in [-0.2, 0) is 24.6 Å². The van der Waals surface area contributed by atoms with E-state index in [4.69, 9.17) is 16.7 Å². The Labute approximate surface area is 209 Å². The van der Waals surface area contributed by atoms with Crippen molar-refractivity contribution in [3.63, 3.8) is 0 Å². The van der Waals surface area contributed by atoms with Gasteiger partial charge in [0.05, 0.1) is 34.9 Å². The van der Waals surface area contributed by atoms with E-state index in [0.717, 1.165) is 17.7 Å². The molecule has 3 aromatic carbocycles. The van der Waals surface area contributed by atoms with E-state index >= 15 is 0 Å². The molecule has 4 aromatic rings. The third kappa shape index (κ3) is 5.63. The Morgan fingerprint density at radius 2 is 1.69 bits per heavy atom. The maximum atomic E-state index is 13.5. The number of aliphatic hydroxyl groups is 1. The van der Waals surface area contributed by atoms with E-state index in [1.165, 1.54) is 6.07 Å². The summed E-state index contributed by atoms with van der Waals surface area (Å²) in [5.74, 6) is -0.992. The van der Waals surface area contributed by atoms with E-state index in [-0.39, 0.29) is 19.4 Å². The van der Waals surface area contributed by atoms with Crippen molar-refractivity contribution in [1.29, 1.82) is 0 Å². The lowest BCUT2D eigenvalue weighted by molar-refractivity contribution is -0.138. The first-order valence-electron chi connectivity index (χ1n) is 11.1. The summed E-state index contributed by atoms with van der Waals surface area (Å²) < 4.78 is 43.9. The summed E-state index contributed by atoms with van der Waals surface area (Å²) >= 11 is 5.97. The average molecular weight is 518 g/mol. The summed E-state index contributed by atoms with van der Waals surface area (Å²) in [7, 11) is 1.74. The molecule has 0 saturated carbocycles. The summed E-state index contributed by atoms with van der Waals surface area (Å²) in [6.45, 7) is 0.219. The molecule has 10 heteroatoms. The highest BCUT2D eigenvalue weighted by Gasteiger charge is 2.31. The van der Waals surface area contributed by atoms with Crippen LogP contribution in [0.4, 0.5) is 18.9 Å². The second kappa shape index (κ2) is 10.2. The van der Waals surface area contributed by atoms with Gasteiger partial charge in [0.2, 0.25) is 5.62 Å². The Morgan fingerprint density at radius 1 is 1.03 bits per heavy atom. The van der Waals surface area contributed by atoms with Crippen LogP contribution < -0.4 is 5.62 Å². The number of aryl methyl sites for hydroxylation is 1. The van der Waals surface area contributed by atoms with Gasteiger partial charge in [-0.1, -0.05) is 35.9 Å². The number of aromatic nitrogens is 2. The van der Waals surface area contributed by atoms with E-state index < -0.39 is 23.8 Å². The normalized spacial score (nSPS) is 13.3. The molecule has 0 radical (unpaired) electrons. The van der Waals surface area contributed by atoms with Gasteiger partial charge in [-0.2, -0.15) is 13.2 Å². The third-order valence-electron chi connectivity index (χ3n) is 5.89. The number of fused-ring (bicyclic) bond motifs is 1. The van der Waals surface area contributed by atoms with Crippen LogP contribution in [0.5, 0.6) is 0 Å². The molecule has 36 heavy (non-hydrogen) atoms. The third-order valence-corrected chi connectivity index (χ3v) is 6.14. The lowest BCUT2D eigenvalue weighted by Crippen LogP contribution is -2.24. The molecular formula is C26H23ClF3N3O3. The Balaban J connectivity index is 1.79. The van der Waals surface area contributed by atoms with Crippen molar-refractivity contribution in [1.82, 2.24) is 9.13 Å². The van der Waals surface area contributed by atoms with Gasteiger partial charge < -0.3 is 19.3 Å². The van der Waals surface area contributed by atoms with Crippen molar-refractivity contribution in [2.45, 2.75) is 31.7 Å². The van der Waals surface area contributed by atoms with Crippen LogP contribution >= 0.6 is 11.6 Å². The molecule has 188 valence electrons. The zero-order valence-electron chi connectivity index (χ0n) is 19.2. The number of nitrogens with zero attached hydrogens (tertiary/aromatic N) is 3. The van der Waals surface area contributed by atoms with E-state index in [1.54, 1.807) is 64.7 Å². The van der Waals surface area contributed by atoms with Crippen molar-refractivity contribution in [3.8, 4) is 0 Å². The predicted octanol–water partition coefficient (Wildman–Crippen LogP) is 5.83. The maximum Gasteiger partial charge on any atom is 0.416 e. The van der Waals surface area contributed by atoms with Gasteiger partial charge in [-0.15, -0.1) is 0 Å². The highest BCUT2D eigenvalue weighted by molar-refractivity contribution is 6.30. The Hall–Kier alpha value is -3.56. The average Bonchev–Trinajstić information content (AvgIpc) is 3.09. The summed E-state index contributed by atoms with van der Waals surface area (Å²) in [6.07, 6.45) is -5.50. The Bertz CT molecular complexity index is 1460. The molecule has 1 heterocycles. The molecule has 0 aliphatic carbocycles. The largest absolute Gasteiger partial charge is 0.481 e. The fourth-order valence-corrected chi connectivity index (χ4v) is 4.10. The molecule has 4 rings (SSSR count). The van der Waals surface area contributed by atoms with Gasteiger partial charge in [-0.25, -0.2) is 4.99 Å². The number of alkyl halides is 3. The van der Waals surface area contributed by atoms with Gasteiger partial charge in [0, 0.05) is 18.5 Å². The number of hydrogen-bond donors (Lipinski definition) is 2. The molecule has 1 aromatic heterocycles. The lowest BCUT2D eigenvalue weighted by Gasteiger charge is -2.12. The topological polar surface area (TPSA) is 79.8 Å². The quantitative estimate of drug-likeness (QED) is 0.324. The first-order chi connectivity index (χ1) is 17.0. The number of carboxylic acid groups (broad SMARTS) is 1. The Kier molecular flexibility index (Phi) is 7.23. The first-order valence-corrected chi connectivity index (χ1v) is 11.5. The molecular weight excluding hydrogens is 495 g/mol. The molecule has 6 nitrogen and oxygen atoms in total. The van der Waals surface area contributed by atoms with Gasteiger partial charge in [0.15, 0.2) is 0 Å². The van der Waals surface area contributed by atoms with Crippen molar-refractivity contribution in [3.05, 3.63) is 94.1 Å². The second-order valence-corrected chi connectivity index (χ2v) is 8.86. The maximum absolute atomic E-state index is 13.5. The van der Waals surface area contributed by atoms with Gasteiger partial charge in [0.1, 0.15) is 0 Å². The van der Waals surface area contributed by atoms with E-state index in [1.807, 2.05) is 0 Å². The molecule has 0 saturated heterocycles.